The van der Waals surface area contributed by atoms with E-state index in [0.29, 0.717) is 22.2 Å². The molecule has 7 heteroatoms. The molecule has 0 spiro atoms. The van der Waals surface area contributed by atoms with E-state index >= 15 is 0 Å². The fourth-order valence-electron chi connectivity index (χ4n) is 2.52. The van der Waals surface area contributed by atoms with Gasteiger partial charge in [0.15, 0.2) is 11.6 Å². The average molecular weight is 383 g/mol. The maximum Gasteiger partial charge on any atom is 0.274 e. The number of hydrogen-bond donors (Lipinski definition) is 2. The van der Waals surface area contributed by atoms with Gasteiger partial charge in [0.2, 0.25) is 0 Å². The van der Waals surface area contributed by atoms with E-state index in [-0.39, 0.29) is 17.8 Å². The Morgan fingerprint density at radius 1 is 1.22 bits per heavy atom. The van der Waals surface area contributed by atoms with Gasteiger partial charge in [-0.1, -0.05) is 29.8 Å². The Morgan fingerprint density at radius 2 is 2.00 bits per heavy atom. The van der Waals surface area contributed by atoms with Crippen molar-refractivity contribution in [3.8, 4) is 5.75 Å². The molecule has 0 aliphatic carbocycles. The Morgan fingerprint density at radius 3 is 2.78 bits per heavy atom. The molecule has 0 aliphatic rings. The molecule has 1 atom stereocenters. The van der Waals surface area contributed by atoms with Crippen LogP contribution in [0.25, 0.3) is 0 Å². The Balaban J connectivity index is 1.74. The molecule has 0 fully saturated rings. The predicted octanol–water partition coefficient (Wildman–Crippen LogP) is 4.41. The number of pyridine rings is 2. The van der Waals surface area contributed by atoms with E-state index in [1.54, 1.807) is 24.3 Å². The summed E-state index contributed by atoms with van der Waals surface area (Å²) in [6.07, 6.45) is 1.14. The summed E-state index contributed by atoms with van der Waals surface area (Å²) in [7, 11) is 0. The molecule has 3 aromatic rings. The number of nitrogens with two attached hydrogens (primary N) is 1. The number of anilines is 2. The van der Waals surface area contributed by atoms with E-state index in [2.05, 4.69) is 15.3 Å². The van der Waals surface area contributed by atoms with Crippen molar-refractivity contribution in [1.29, 1.82) is 0 Å². The van der Waals surface area contributed by atoms with E-state index < -0.39 is 0 Å². The number of benzene rings is 1. The van der Waals surface area contributed by atoms with Crippen LogP contribution in [0.1, 0.15) is 34.8 Å². The summed E-state index contributed by atoms with van der Waals surface area (Å²) in [6, 6.07) is 14.3. The lowest BCUT2D eigenvalue weighted by Gasteiger charge is -2.17. The van der Waals surface area contributed by atoms with Crippen LogP contribution in [0, 0.1) is 6.92 Å². The summed E-state index contributed by atoms with van der Waals surface area (Å²) < 4.78 is 5.88. The molecule has 3 N–H and O–H groups in total. The largest absolute Gasteiger partial charge is 0.482 e. The molecule has 0 aliphatic heterocycles. The van der Waals surface area contributed by atoms with Gasteiger partial charge in [0.1, 0.15) is 11.8 Å². The molecule has 0 radical (unpaired) electrons. The monoisotopic (exact) mass is 382 g/mol. The minimum atomic E-state index is -0.318. The van der Waals surface area contributed by atoms with Gasteiger partial charge in [0.25, 0.3) is 5.91 Å². The second-order valence-corrected chi connectivity index (χ2v) is 6.48. The maximum atomic E-state index is 12.4. The SMILES string of the molecule is Cc1cccc(C(=O)Nc2cccc(C(C)Oc3cc(Cl)cnc3N)c2)n1. The van der Waals surface area contributed by atoms with Crippen molar-refractivity contribution in [3.63, 3.8) is 0 Å². The summed E-state index contributed by atoms with van der Waals surface area (Å²) in [5.41, 5.74) is 8.49. The number of aromatic nitrogens is 2. The smallest absolute Gasteiger partial charge is 0.274 e. The zero-order valence-electron chi connectivity index (χ0n) is 14.9. The molecule has 0 bridgehead atoms. The van der Waals surface area contributed by atoms with Gasteiger partial charge in [-0.2, -0.15) is 0 Å². The summed E-state index contributed by atoms with van der Waals surface area (Å²) in [5.74, 6) is 0.405. The van der Waals surface area contributed by atoms with Crippen molar-refractivity contribution in [1.82, 2.24) is 9.97 Å². The number of amides is 1. The third-order valence-corrected chi connectivity index (χ3v) is 4.09. The topological polar surface area (TPSA) is 90.1 Å². The zero-order valence-corrected chi connectivity index (χ0v) is 15.7. The summed E-state index contributed by atoms with van der Waals surface area (Å²) >= 11 is 5.95. The van der Waals surface area contributed by atoms with Gasteiger partial charge in [0.05, 0.1) is 5.02 Å². The molecule has 1 amide bonds. The fourth-order valence-corrected chi connectivity index (χ4v) is 2.67. The number of carbonyl (C=O) groups is 1. The first kappa shape index (κ1) is 18.7. The van der Waals surface area contributed by atoms with Gasteiger partial charge in [-0.3, -0.25) is 4.79 Å². The van der Waals surface area contributed by atoms with Crippen molar-refractivity contribution < 1.29 is 9.53 Å². The first-order chi connectivity index (χ1) is 12.9. The van der Waals surface area contributed by atoms with Gasteiger partial charge in [0, 0.05) is 23.6 Å². The highest BCUT2D eigenvalue weighted by Crippen LogP contribution is 2.29. The van der Waals surface area contributed by atoms with Gasteiger partial charge < -0.3 is 15.8 Å². The van der Waals surface area contributed by atoms with E-state index in [9.17, 15) is 4.79 Å². The first-order valence-corrected chi connectivity index (χ1v) is 8.73. The van der Waals surface area contributed by atoms with E-state index in [4.69, 9.17) is 22.1 Å². The molecule has 0 saturated heterocycles. The maximum absolute atomic E-state index is 12.4. The Kier molecular flexibility index (Phi) is 5.57. The second-order valence-electron chi connectivity index (χ2n) is 6.04. The van der Waals surface area contributed by atoms with Crippen LogP contribution in [0.15, 0.2) is 54.7 Å². The molecular weight excluding hydrogens is 364 g/mol. The number of nitrogens with zero attached hydrogens (tertiary/aromatic N) is 2. The van der Waals surface area contributed by atoms with Crippen molar-refractivity contribution in [2.75, 3.05) is 11.1 Å². The van der Waals surface area contributed by atoms with Crippen LogP contribution in [0.4, 0.5) is 11.5 Å². The van der Waals surface area contributed by atoms with Crippen molar-refractivity contribution in [2.45, 2.75) is 20.0 Å². The van der Waals surface area contributed by atoms with E-state index in [0.717, 1.165) is 11.3 Å². The lowest BCUT2D eigenvalue weighted by Crippen LogP contribution is -2.14. The molecular formula is C20H19ClN4O2. The van der Waals surface area contributed by atoms with Crippen LogP contribution in [0.3, 0.4) is 0 Å². The molecule has 1 unspecified atom stereocenters. The average Bonchev–Trinajstić information content (AvgIpc) is 2.65. The number of ether oxygens (including phenoxy) is 1. The third kappa shape index (κ3) is 4.74. The number of aryl methyl sites for hydroxylation is 1. The highest BCUT2D eigenvalue weighted by Gasteiger charge is 2.13. The summed E-state index contributed by atoms with van der Waals surface area (Å²) in [5, 5.41) is 3.29. The number of carbonyl (C=O) groups excluding carboxylic acids is 1. The first-order valence-electron chi connectivity index (χ1n) is 8.35. The lowest BCUT2D eigenvalue weighted by atomic mass is 10.1. The van der Waals surface area contributed by atoms with Crippen LogP contribution >= 0.6 is 11.6 Å². The van der Waals surface area contributed by atoms with Crippen LogP contribution in [-0.2, 0) is 0 Å². The number of nitrogens with one attached hydrogen (secondary N) is 1. The number of nitrogen functional groups attached to an aromatic ring is 1. The Hall–Kier alpha value is -3.12. The quantitative estimate of drug-likeness (QED) is 0.682. The second kappa shape index (κ2) is 8.05. The Bertz CT molecular complexity index is 978. The van der Waals surface area contributed by atoms with Crippen LogP contribution < -0.4 is 15.8 Å². The molecule has 6 nitrogen and oxygen atoms in total. The van der Waals surface area contributed by atoms with Gasteiger partial charge in [-0.25, -0.2) is 9.97 Å². The van der Waals surface area contributed by atoms with Crippen LogP contribution in [0.5, 0.6) is 5.75 Å². The molecule has 3 rings (SSSR count). The summed E-state index contributed by atoms with van der Waals surface area (Å²) in [4.78, 5) is 20.6. The van der Waals surface area contributed by atoms with Crippen molar-refractivity contribution in [2.24, 2.45) is 0 Å². The molecule has 138 valence electrons. The predicted molar refractivity (Wildman–Crippen MR) is 106 cm³/mol. The molecule has 0 saturated carbocycles. The van der Waals surface area contributed by atoms with Crippen LogP contribution in [0.2, 0.25) is 5.02 Å². The molecule has 2 aromatic heterocycles. The number of rotatable bonds is 5. The van der Waals surface area contributed by atoms with Crippen molar-refractivity contribution in [3.05, 3.63) is 76.7 Å². The molecule has 2 heterocycles. The van der Waals surface area contributed by atoms with Crippen molar-refractivity contribution >= 4 is 29.0 Å². The Labute approximate surface area is 162 Å². The lowest BCUT2D eigenvalue weighted by molar-refractivity contribution is 0.102. The summed E-state index contributed by atoms with van der Waals surface area (Å²) in [6.45, 7) is 3.72. The minimum absolute atomic E-state index is 0.265. The van der Waals surface area contributed by atoms with E-state index in [1.807, 2.05) is 38.1 Å². The third-order valence-electron chi connectivity index (χ3n) is 3.89. The number of halogens is 1. The highest BCUT2D eigenvalue weighted by atomic mass is 35.5. The molecule has 1 aromatic carbocycles. The van der Waals surface area contributed by atoms with Crippen LogP contribution in [-0.4, -0.2) is 15.9 Å². The van der Waals surface area contributed by atoms with Gasteiger partial charge >= 0.3 is 0 Å². The minimum Gasteiger partial charge on any atom is -0.482 e. The van der Waals surface area contributed by atoms with Gasteiger partial charge in [-0.15, -0.1) is 0 Å². The number of hydrogen-bond acceptors (Lipinski definition) is 5. The normalized spacial score (nSPS) is 11.7. The van der Waals surface area contributed by atoms with Gasteiger partial charge in [-0.05, 0) is 43.7 Å². The zero-order chi connectivity index (χ0) is 19.4. The van der Waals surface area contributed by atoms with E-state index in [1.165, 1.54) is 6.20 Å². The highest BCUT2D eigenvalue weighted by molar-refractivity contribution is 6.30. The molecule has 27 heavy (non-hydrogen) atoms. The standard InChI is InChI=1S/C20H19ClN4O2/c1-12-5-3-8-17(24-12)20(26)25-16-7-4-6-14(9-16)13(2)27-18-10-15(21)11-23-19(18)22/h3-11,13H,1-2H3,(H2,22,23)(H,25,26). The fraction of sp³-hybridized carbons (Fsp3) is 0.150.